The molecule has 4 nitrogen and oxygen atoms in total. The largest absolute Gasteiger partial charge is 0.389 e. The van der Waals surface area contributed by atoms with E-state index in [2.05, 4.69) is 10.6 Å². The predicted octanol–water partition coefficient (Wildman–Crippen LogP) is -0.398. The highest BCUT2D eigenvalue weighted by Gasteiger charge is 2.44. The third kappa shape index (κ3) is 2.04. The zero-order valence-corrected chi connectivity index (χ0v) is 9.58. The Morgan fingerprint density at radius 1 is 1.40 bits per heavy atom. The van der Waals surface area contributed by atoms with E-state index < -0.39 is 11.2 Å². The molecule has 0 radical (unpaired) electrons. The maximum atomic E-state index is 10.1. The van der Waals surface area contributed by atoms with Crippen LogP contribution in [0.4, 0.5) is 0 Å². The number of rotatable bonds is 3. The quantitative estimate of drug-likeness (QED) is 0.516. The van der Waals surface area contributed by atoms with Crippen molar-refractivity contribution in [1.82, 2.24) is 10.6 Å². The zero-order chi connectivity index (χ0) is 11.1. The van der Waals surface area contributed by atoms with Crippen LogP contribution in [0.25, 0.3) is 0 Å². The summed E-state index contributed by atoms with van der Waals surface area (Å²) in [6.07, 6.45) is 2.92. The highest BCUT2D eigenvalue weighted by molar-refractivity contribution is 5.04. The molecule has 88 valence electrons. The summed E-state index contributed by atoms with van der Waals surface area (Å²) in [5, 5.41) is 26.6. The van der Waals surface area contributed by atoms with E-state index in [0.717, 1.165) is 19.3 Å². The van der Waals surface area contributed by atoms with Gasteiger partial charge in [0.05, 0.1) is 5.60 Å². The van der Waals surface area contributed by atoms with Crippen LogP contribution in [0.2, 0.25) is 0 Å². The molecule has 1 saturated heterocycles. The summed E-state index contributed by atoms with van der Waals surface area (Å²) in [5.41, 5.74) is -1.24. The Kier molecular flexibility index (Phi) is 2.79. The SMILES string of the molecule is C[C@H](NC1CCCC1(C)O)C1(O)CNC1. The molecule has 1 saturated carbocycles. The van der Waals surface area contributed by atoms with Gasteiger partial charge in [0.1, 0.15) is 5.60 Å². The van der Waals surface area contributed by atoms with E-state index in [-0.39, 0.29) is 12.1 Å². The number of aliphatic hydroxyl groups is 2. The molecule has 0 bridgehead atoms. The first-order valence-corrected chi connectivity index (χ1v) is 5.86. The third-order valence-electron chi connectivity index (χ3n) is 4.05. The van der Waals surface area contributed by atoms with Crippen molar-refractivity contribution >= 4 is 0 Å². The summed E-state index contributed by atoms with van der Waals surface area (Å²) in [5.74, 6) is 0. The van der Waals surface area contributed by atoms with Crippen LogP contribution in [0, 0.1) is 0 Å². The van der Waals surface area contributed by atoms with Crippen LogP contribution in [-0.4, -0.2) is 46.6 Å². The maximum Gasteiger partial charge on any atom is 0.104 e. The highest BCUT2D eigenvalue weighted by atomic mass is 16.3. The maximum absolute atomic E-state index is 10.1. The Bertz CT molecular complexity index is 239. The fourth-order valence-corrected chi connectivity index (χ4v) is 2.56. The Hall–Kier alpha value is -0.160. The molecule has 2 rings (SSSR count). The zero-order valence-electron chi connectivity index (χ0n) is 9.58. The molecule has 0 spiro atoms. The monoisotopic (exact) mass is 214 g/mol. The van der Waals surface area contributed by atoms with Gasteiger partial charge in [-0.25, -0.2) is 0 Å². The molecular formula is C11H22N2O2. The van der Waals surface area contributed by atoms with Gasteiger partial charge in [-0.2, -0.15) is 0 Å². The lowest BCUT2D eigenvalue weighted by Crippen LogP contribution is -2.70. The molecule has 4 N–H and O–H groups in total. The number of nitrogens with one attached hydrogen (secondary N) is 2. The average Bonchev–Trinajstić information content (AvgIpc) is 2.42. The molecule has 2 fully saturated rings. The van der Waals surface area contributed by atoms with Gasteiger partial charge in [0.25, 0.3) is 0 Å². The minimum atomic E-state index is -0.626. The lowest BCUT2D eigenvalue weighted by Gasteiger charge is -2.44. The van der Waals surface area contributed by atoms with Crippen molar-refractivity contribution in [3.8, 4) is 0 Å². The fourth-order valence-electron chi connectivity index (χ4n) is 2.56. The Labute approximate surface area is 91.1 Å². The molecule has 15 heavy (non-hydrogen) atoms. The summed E-state index contributed by atoms with van der Waals surface area (Å²) in [6.45, 7) is 5.18. The van der Waals surface area contributed by atoms with Crippen LogP contribution in [-0.2, 0) is 0 Å². The number of β-amino-alcohol motifs (C(OH)–C–C–N with tert-alkyl or cyclic N) is 1. The summed E-state index contributed by atoms with van der Waals surface area (Å²) < 4.78 is 0. The molecule has 0 aromatic carbocycles. The van der Waals surface area contributed by atoms with Gasteiger partial charge in [-0.15, -0.1) is 0 Å². The van der Waals surface area contributed by atoms with Crippen molar-refractivity contribution in [3.63, 3.8) is 0 Å². The Morgan fingerprint density at radius 2 is 2.07 bits per heavy atom. The van der Waals surface area contributed by atoms with Gasteiger partial charge in [0.15, 0.2) is 0 Å². The van der Waals surface area contributed by atoms with E-state index in [0.29, 0.717) is 13.1 Å². The minimum absolute atomic E-state index is 0.0355. The van der Waals surface area contributed by atoms with E-state index in [4.69, 9.17) is 0 Å². The van der Waals surface area contributed by atoms with Gasteiger partial charge < -0.3 is 20.8 Å². The smallest absolute Gasteiger partial charge is 0.104 e. The molecular weight excluding hydrogens is 192 g/mol. The van der Waals surface area contributed by atoms with Crippen molar-refractivity contribution in [2.45, 2.75) is 56.4 Å². The summed E-state index contributed by atoms with van der Waals surface area (Å²) in [7, 11) is 0. The van der Waals surface area contributed by atoms with Gasteiger partial charge >= 0.3 is 0 Å². The summed E-state index contributed by atoms with van der Waals surface area (Å²) in [6, 6.07) is 0.158. The second-order valence-corrected chi connectivity index (χ2v) is 5.40. The lowest BCUT2D eigenvalue weighted by molar-refractivity contribution is -0.0513. The van der Waals surface area contributed by atoms with Gasteiger partial charge in [-0.1, -0.05) is 0 Å². The molecule has 2 unspecified atom stereocenters. The average molecular weight is 214 g/mol. The first-order chi connectivity index (χ1) is 6.94. The van der Waals surface area contributed by atoms with Crippen molar-refractivity contribution in [1.29, 1.82) is 0 Å². The molecule has 0 aromatic heterocycles. The Morgan fingerprint density at radius 3 is 2.47 bits per heavy atom. The second-order valence-electron chi connectivity index (χ2n) is 5.40. The summed E-state index contributed by atoms with van der Waals surface area (Å²) >= 11 is 0. The lowest BCUT2D eigenvalue weighted by atomic mass is 9.87. The number of hydrogen-bond acceptors (Lipinski definition) is 4. The van der Waals surface area contributed by atoms with E-state index >= 15 is 0 Å². The van der Waals surface area contributed by atoms with Crippen LogP contribution in [0.1, 0.15) is 33.1 Å². The van der Waals surface area contributed by atoms with E-state index in [1.165, 1.54) is 0 Å². The molecule has 3 atom stereocenters. The van der Waals surface area contributed by atoms with Gasteiger partial charge in [0, 0.05) is 25.2 Å². The van der Waals surface area contributed by atoms with E-state index in [1.54, 1.807) is 0 Å². The predicted molar refractivity (Wildman–Crippen MR) is 58.7 cm³/mol. The molecule has 1 aliphatic heterocycles. The second kappa shape index (κ2) is 3.70. The van der Waals surface area contributed by atoms with Crippen LogP contribution in [0.15, 0.2) is 0 Å². The van der Waals surface area contributed by atoms with Gasteiger partial charge in [-0.3, -0.25) is 0 Å². The van der Waals surface area contributed by atoms with E-state index in [9.17, 15) is 10.2 Å². The molecule has 4 heteroatoms. The van der Waals surface area contributed by atoms with Crippen molar-refractivity contribution in [3.05, 3.63) is 0 Å². The fraction of sp³-hybridized carbons (Fsp3) is 1.00. The van der Waals surface area contributed by atoms with Crippen LogP contribution < -0.4 is 10.6 Å². The molecule has 1 heterocycles. The molecule has 0 amide bonds. The third-order valence-corrected chi connectivity index (χ3v) is 4.05. The molecule has 0 aromatic rings. The van der Waals surface area contributed by atoms with Crippen LogP contribution in [0.5, 0.6) is 0 Å². The standard InChI is InChI=1S/C11H22N2O2/c1-8(11(15)6-12-7-11)13-9-4-3-5-10(9,2)14/h8-9,12-15H,3-7H2,1-2H3/t8-,9?,10?/m0/s1. The highest BCUT2D eigenvalue weighted by Crippen LogP contribution is 2.30. The summed E-state index contributed by atoms with van der Waals surface area (Å²) in [4.78, 5) is 0. The molecule has 1 aliphatic carbocycles. The van der Waals surface area contributed by atoms with Gasteiger partial charge in [0.2, 0.25) is 0 Å². The van der Waals surface area contributed by atoms with Crippen molar-refractivity contribution < 1.29 is 10.2 Å². The topological polar surface area (TPSA) is 64.5 Å². The number of hydrogen-bond donors (Lipinski definition) is 4. The minimum Gasteiger partial charge on any atom is -0.389 e. The van der Waals surface area contributed by atoms with E-state index in [1.807, 2.05) is 13.8 Å². The normalized spacial score (nSPS) is 41.2. The first kappa shape index (κ1) is 11.3. The van der Waals surface area contributed by atoms with Crippen molar-refractivity contribution in [2.24, 2.45) is 0 Å². The molecule has 2 aliphatic rings. The van der Waals surface area contributed by atoms with Gasteiger partial charge in [-0.05, 0) is 33.1 Å². The van der Waals surface area contributed by atoms with Crippen LogP contribution >= 0.6 is 0 Å². The van der Waals surface area contributed by atoms with Crippen molar-refractivity contribution in [2.75, 3.05) is 13.1 Å². The Balaban J connectivity index is 1.91. The first-order valence-electron chi connectivity index (χ1n) is 5.86. The van der Waals surface area contributed by atoms with Crippen LogP contribution in [0.3, 0.4) is 0 Å².